The van der Waals surface area contributed by atoms with E-state index in [1.54, 1.807) is 36.4 Å². The zero-order valence-electron chi connectivity index (χ0n) is 12.2. The van der Waals surface area contributed by atoms with Crippen molar-refractivity contribution in [1.82, 2.24) is 10.9 Å². The largest absolute Gasteiger partial charge is 0.452 e. The van der Waals surface area contributed by atoms with Crippen LogP contribution in [0.1, 0.15) is 20.7 Å². The molecule has 24 heavy (non-hydrogen) atoms. The normalized spacial score (nSPS) is 9.92. The average Bonchev–Trinajstić information content (AvgIpc) is 2.58. The summed E-state index contributed by atoms with van der Waals surface area (Å²) in [5.74, 6) is -1.87. The average molecular weight is 459 g/mol. The Kier molecular flexibility index (Phi) is 6.56. The molecule has 2 N–H and O–H groups in total. The van der Waals surface area contributed by atoms with E-state index in [1.165, 1.54) is 6.07 Å². The van der Waals surface area contributed by atoms with Crippen molar-refractivity contribution in [2.75, 3.05) is 6.61 Å². The highest BCUT2D eigenvalue weighted by Crippen LogP contribution is 2.14. The molecule has 0 atom stereocenters. The highest BCUT2D eigenvalue weighted by molar-refractivity contribution is 14.1. The lowest BCUT2D eigenvalue weighted by Crippen LogP contribution is -2.43. The van der Waals surface area contributed by atoms with E-state index in [2.05, 4.69) is 33.4 Å². The zero-order valence-corrected chi connectivity index (χ0v) is 15.1. The minimum absolute atomic E-state index is 0.218. The van der Waals surface area contributed by atoms with E-state index in [0.717, 1.165) is 3.57 Å². The number of benzene rings is 2. The first-order valence-electron chi connectivity index (χ1n) is 6.74. The maximum Gasteiger partial charge on any atom is 0.338 e. The molecule has 2 rings (SSSR count). The summed E-state index contributed by atoms with van der Waals surface area (Å²) in [5.41, 5.74) is 4.91. The Hall–Kier alpha value is -2.13. The summed E-state index contributed by atoms with van der Waals surface area (Å²) in [5, 5.41) is 0.259. The Morgan fingerprint density at radius 2 is 1.79 bits per heavy atom. The van der Waals surface area contributed by atoms with Gasteiger partial charge in [0.15, 0.2) is 6.61 Å². The molecule has 0 bridgehead atoms. The number of rotatable bonds is 4. The Balaban J connectivity index is 1.80. The van der Waals surface area contributed by atoms with Crippen molar-refractivity contribution in [3.63, 3.8) is 0 Å². The summed E-state index contributed by atoms with van der Waals surface area (Å²) in [6.45, 7) is -0.521. The predicted octanol–water partition coefficient (Wildman–Crippen LogP) is 2.56. The van der Waals surface area contributed by atoms with Crippen molar-refractivity contribution in [3.8, 4) is 0 Å². The van der Waals surface area contributed by atoms with Crippen LogP contribution in [-0.4, -0.2) is 24.4 Å². The highest BCUT2D eigenvalue weighted by atomic mass is 127. The van der Waals surface area contributed by atoms with Crippen LogP contribution in [0.2, 0.25) is 5.02 Å². The van der Waals surface area contributed by atoms with E-state index in [4.69, 9.17) is 16.3 Å². The fraction of sp³-hybridized carbons (Fsp3) is 0.0625. The van der Waals surface area contributed by atoms with Gasteiger partial charge in [0.1, 0.15) is 0 Å². The van der Waals surface area contributed by atoms with Crippen LogP contribution in [0.4, 0.5) is 0 Å². The predicted molar refractivity (Wildman–Crippen MR) is 96.5 cm³/mol. The molecule has 8 heteroatoms. The minimum atomic E-state index is -0.672. The molecule has 0 fully saturated rings. The number of halogens is 2. The van der Waals surface area contributed by atoms with Crippen LogP contribution in [0.25, 0.3) is 0 Å². The second-order valence-electron chi connectivity index (χ2n) is 4.57. The molecule has 0 heterocycles. The third-order valence-corrected chi connectivity index (χ3v) is 3.83. The van der Waals surface area contributed by atoms with Crippen molar-refractivity contribution < 1.29 is 19.1 Å². The number of amides is 2. The van der Waals surface area contributed by atoms with E-state index in [0.29, 0.717) is 5.56 Å². The molecule has 0 radical (unpaired) electrons. The van der Waals surface area contributed by atoms with Crippen LogP contribution in [0.15, 0.2) is 48.5 Å². The van der Waals surface area contributed by atoms with Crippen LogP contribution in [0.5, 0.6) is 0 Å². The van der Waals surface area contributed by atoms with E-state index in [-0.39, 0.29) is 10.6 Å². The van der Waals surface area contributed by atoms with Crippen LogP contribution < -0.4 is 10.9 Å². The van der Waals surface area contributed by atoms with Gasteiger partial charge in [-0.25, -0.2) is 4.79 Å². The van der Waals surface area contributed by atoms with Crippen LogP contribution in [-0.2, 0) is 9.53 Å². The highest BCUT2D eigenvalue weighted by Gasteiger charge is 2.13. The minimum Gasteiger partial charge on any atom is -0.452 e. The quantitative estimate of drug-likeness (QED) is 0.419. The Morgan fingerprint density at radius 1 is 1.04 bits per heavy atom. The Morgan fingerprint density at radius 3 is 2.50 bits per heavy atom. The first kappa shape index (κ1) is 18.2. The number of esters is 1. The number of hydrogen-bond acceptors (Lipinski definition) is 4. The zero-order chi connectivity index (χ0) is 17.5. The lowest BCUT2D eigenvalue weighted by Gasteiger charge is -2.09. The second kappa shape index (κ2) is 8.65. The second-order valence-corrected chi connectivity index (χ2v) is 6.22. The monoisotopic (exact) mass is 458 g/mol. The van der Waals surface area contributed by atoms with E-state index in [1.807, 2.05) is 6.07 Å². The molecule has 0 aliphatic carbocycles. The molecule has 2 amide bonds. The molecule has 0 aromatic heterocycles. The number of ether oxygens (including phenoxy) is 1. The molecular weight excluding hydrogens is 447 g/mol. The molecule has 2 aromatic rings. The van der Waals surface area contributed by atoms with Crippen molar-refractivity contribution in [3.05, 3.63) is 68.3 Å². The lowest BCUT2D eigenvalue weighted by atomic mass is 10.2. The van der Waals surface area contributed by atoms with Gasteiger partial charge >= 0.3 is 5.97 Å². The fourth-order valence-corrected chi connectivity index (χ4v) is 2.47. The summed E-state index contributed by atoms with van der Waals surface area (Å²) in [6, 6.07) is 13.2. The molecule has 0 aliphatic rings. The van der Waals surface area contributed by atoms with Crippen LogP contribution in [0, 0.1) is 3.57 Å². The molecule has 2 aromatic carbocycles. The van der Waals surface area contributed by atoms with Gasteiger partial charge in [-0.1, -0.05) is 29.8 Å². The molecule has 0 spiro atoms. The van der Waals surface area contributed by atoms with Crippen LogP contribution >= 0.6 is 34.2 Å². The van der Waals surface area contributed by atoms with Crippen molar-refractivity contribution in [2.45, 2.75) is 0 Å². The standard InChI is InChI=1S/C16H12ClIN2O4/c17-13-7-2-1-6-12(13)15(22)20-19-14(21)9-24-16(23)10-4-3-5-11(18)8-10/h1-8H,9H2,(H,19,21)(H,20,22). The molecular formula is C16H12ClIN2O4. The number of carbonyl (C=O) groups excluding carboxylic acids is 3. The van der Waals surface area contributed by atoms with E-state index in [9.17, 15) is 14.4 Å². The van der Waals surface area contributed by atoms with Crippen molar-refractivity contribution >= 4 is 52.0 Å². The first-order chi connectivity index (χ1) is 11.5. The van der Waals surface area contributed by atoms with Gasteiger partial charge < -0.3 is 4.74 Å². The van der Waals surface area contributed by atoms with Gasteiger partial charge in [-0.3, -0.25) is 20.4 Å². The van der Waals surface area contributed by atoms with Crippen molar-refractivity contribution in [2.24, 2.45) is 0 Å². The molecule has 6 nitrogen and oxygen atoms in total. The van der Waals surface area contributed by atoms with Gasteiger partial charge in [-0.05, 0) is 52.9 Å². The SMILES string of the molecule is O=C(COC(=O)c1cccc(I)c1)NNC(=O)c1ccccc1Cl. The summed E-state index contributed by atoms with van der Waals surface area (Å²) < 4.78 is 5.75. The van der Waals surface area contributed by atoms with Crippen molar-refractivity contribution in [1.29, 1.82) is 0 Å². The third kappa shape index (κ3) is 5.20. The topological polar surface area (TPSA) is 84.5 Å². The summed E-state index contributed by atoms with van der Waals surface area (Å²) >= 11 is 7.94. The van der Waals surface area contributed by atoms with Crippen LogP contribution in [0.3, 0.4) is 0 Å². The molecule has 0 saturated carbocycles. The van der Waals surface area contributed by atoms with Gasteiger partial charge in [-0.2, -0.15) is 0 Å². The molecule has 0 saturated heterocycles. The Labute approximate surface area is 156 Å². The lowest BCUT2D eigenvalue weighted by molar-refractivity contribution is -0.125. The Bertz CT molecular complexity index is 782. The van der Waals surface area contributed by atoms with E-state index >= 15 is 0 Å². The summed E-state index contributed by atoms with van der Waals surface area (Å²) in [4.78, 5) is 35.3. The summed E-state index contributed by atoms with van der Waals surface area (Å²) in [7, 11) is 0. The molecule has 124 valence electrons. The van der Waals surface area contributed by atoms with E-state index < -0.39 is 24.4 Å². The van der Waals surface area contributed by atoms with Gasteiger partial charge in [0.25, 0.3) is 11.8 Å². The number of hydrogen-bond donors (Lipinski definition) is 2. The smallest absolute Gasteiger partial charge is 0.338 e. The number of hydrazine groups is 1. The number of carbonyl (C=O) groups is 3. The van der Waals surface area contributed by atoms with Gasteiger partial charge in [0, 0.05) is 3.57 Å². The molecule has 0 unspecified atom stereocenters. The molecule has 0 aliphatic heterocycles. The maximum atomic E-state index is 11.8. The maximum absolute atomic E-state index is 11.8. The van der Waals surface area contributed by atoms with Gasteiger partial charge in [-0.15, -0.1) is 0 Å². The van der Waals surface area contributed by atoms with Gasteiger partial charge in [0.05, 0.1) is 16.1 Å². The summed E-state index contributed by atoms with van der Waals surface area (Å²) in [6.07, 6.45) is 0. The third-order valence-electron chi connectivity index (χ3n) is 2.83. The fourth-order valence-electron chi connectivity index (χ4n) is 1.71. The number of nitrogens with one attached hydrogen (secondary N) is 2. The van der Waals surface area contributed by atoms with Gasteiger partial charge in [0.2, 0.25) is 0 Å². The first-order valence-corrected chi connectivity index (χ1v) is 8.19.